The molecule has 0 aromatic heterocycles. The molecule has 2 rings (SSSR count). The Morgan fingerprint density at radius 1 is 0.759 bits per heavy atom. The van der Waals surface area contributed by atoms with E-state index in [9.17, 15) is 48.3 Å². The number of hydrogen-bond acceptors (Lipinski definition) is 0. The summed E-state index contributed by atoms with van der Waals surface area (Å²) in [5.41, 5.74) is -12.4. The molecule has 13 heteroatoms. The van der Waals surface area contributed by atoms with Gasteiger partial charge in [-0.15, -0.1) is 0 Å². The van der Waals surface area contributed by atoms with Crippen molar-refractivity contribution >= 4 is 34.2 Å². The van der Waals surface area contributed by atoms with E-state index in [-0.39, 0.29) is 6.07 Å². The lowest BCUT2D eigenvalue weighted by atomic mass is 9.85. The number of halogens is 13. The Kier molecular flexibility index (Phi) is 6.14. The van der Waals surface area contributed by atoms with E-state index < -0.39 is 66.9 Å². The average Bonchev–Trinajstić information content (AvgIpc) is 2.51. The van der Waals surface area contributed by atoms with E-state index in [2.05, 4.69) is 0 Å². The molecule has 29 heavy (non-hydrogen) atoms. The molecule has 0 N–H and O–H groups in total. The Morgan fingerprint density at radius 2 is 1.28 bits per heavy atom. The van der Waals surface area contributed by atoms with Gasteiger partial charge < -0.3 is 0 Å². The molecule has 0 spiro atoms. The smallest absolute Gasteiger partial charge is 0.218 e. The van der Waals surface area contributed by atoms with Gasteiger partial charge in [0.25, 0.3) is 0 Å². The minimum absolute atomic E-state index is 0.228. The summed E-state index contributed by atoms with van der Waals surface area (Å²) in [7, 11) is 0. The Bertz CT molecular complexity index is 914. The highest BCUT2D eigenvalue weighted by Gasteiger charge is 2.74. The molecule has 0 fully saturated rings. The van der Waals surface area contributed by atoms with Crippen molar-refractivity contribution in [3.63, 3.8) is 0 Å². The Balaban J connectivity index is 3.07. The molecule has 2 aromatic rings. The topological polar surface area (TPSA) is 0 Å². The second-order valence-corrected chi connectivity index (χ2v) is 7.23. The van der Waals surface area contributed by atoms with Crippen LogP contribution in [0, 0.1) is 9.39 Å². The lowest BCUT2D eigenvalue weighted by Crippen LogP contribution is -2.51. The molecule has 0 atom stereocenters. The van der Waals surface area contributed by atoms with Gasteiger partial charge in [0, 0.05) is 20.3 Å². The standard InChI is InChI=1S/C16H5ClF11I/c17-10-5-7(18)1-2-8(10)12-9(3-6(4-11(12)29)14(20,21)22)13(19,15(23,24)25)16(26,27)28/h1-5H. The highest BCUT2D eigenvalue weighted by Crippen LogP contribution is 2.57. The van der Waals surface area contributed by atoms with Crippen LogP contribution in [-0.4, -0.2) is 12.4 Å². The zero-order valence-electron chi connectivity index (χ0n) is 13.3. The van der Waals surface area contributed by atoms with E-state index in [1.807, 2.05) is 0 Å². The van der Waals surface area contributed by atoms with Crippen molar-refractivity contribution in [2.75, 3.05) is 0 Å². The fourth-order valence-corrected chi connectivity index (χ4v) is 3.65. The SMILES string of the molecule is Fc1ccc(-c2c(I)cc(C(F)(F)F)cc2C(F)(C(F)(F)F)C(F)(F)F)c(Cl)c1. The van der Waals surface area contributed by atoms with Crippen molar-refractivity contribution < 1.29 is 48.3 Å². The Labute approximate surface area is 173 Å². The van der Waals surface area contributed by atoms with Crippen molar-refractivity contribution in [3.8, 4) is 11.1 Å². The molecule has 0 aliphatic carbocycles. The summed E-state index contributed by atoms with van der Waals surface area (Å²) in [5, 5.41) is -0.726. The van der Waals surface area contributed by atoms with Crippen molar-refractivity contribution in [3.05, 3.63) is 55.9 Å². The predicted molar refractivity (Wildman–Crippen MR) is 89.5 cm³/mol. The first kappa shape index (κ1) is 24.0. The van der Waals surface area contributed by atoms with Crippen LogP contribution in [0.5, 0.6) is 0 Å². The van der Waals surface area contributed by atoms with Gasteiger partial charge in [0.15, 0.2) is 0 Å². The van der Waals surface area contributed by atoms with Crippen molar-refractivity contribution in [2.45, 2.75) is 24.2 Å². The third-order valence-corrected chi connectivity index (χ3v) is 4.93. The van der Waals surface area contributed by atoms with E-state index >= 15 is 0 Å². The van der Waals surface area contributed by atoms with Crippen LogP contribution in [0.1, 0.15) is 11.1 Å². The molecule has 0 unspecified atom stereocenters. The minimum atomic E-state index is -6.67. The summed E-state index contributed by atoms with van der Waals surface area (Å²) < 4.78 is 146. The molecule has 0 saturated heterocycles. The lowest BCUT2D eigenvalue weighted by Gasteiger charge is -2.33. The maximum Gasteiger partial charge on any atom is 0.435 e. The number of rotatable bonds is 2. The van der Waals surface area contributed by atoms with Gasteiger partial charge in [0.2, 0.25) is 0 Å². The highest BCUT2D eigenvalue weighted by molar-refractivity contribution is 14.1. The van der Waals surface area contributed by atoms with Crippen LogP contribution in [0.2, 0.25) is 5.02 Å². The average molecular weight is 569 g/mol. The van der Waals surface area contributed by atoms with Gasteiger partial charge in [-0.05, 0) is 52.9 Å². The fraction of sp³-hybridized carbons (Fsp3) is 0.250. The van der Waals surface area contributed by atoms with Gasteiger partial charge >= 0.3 is 24.2 Å². The fourth-order valence-electron chi connectivity index (χ4n) is 2.47. The molecule has 0 bridgehead atoms. The zero-order valence-corrected chi connectivity index (χ0v) is 16.2. The third kappa shape index (κ3) is 4.28. The monoisotopic (exact) mass is 568 g/mol. The van der Waals surface area contributed by atoms with Crippen LogP contribution < -0.4 is 0 Å². The van der Waals surface area contributed by atoms with Crippen molar-refractivity contribution in [2.24, 2.45) is 0 Å². The molecule has 2 aromatic carbocycles. The highest BCUT2D eigenvalue weighted by atomic mass is 127. The largest absolute Gasteiger partial charge is 0.435 e. The summed E-state index contributed by atoms with van der Waals surface area (Å²) in [5.74, 6) is -1.03. The van der Waals surface area contributed by atoms with Gasteiger partial charge in [0.05, 0.1) is 10.6 Å². The Morgan fingerprint density at radius 3 is 1.69 bits per heavy atom. The predicted octanol–water partition coefficient (Wildman–Crippen LogP) is 8.06. The minimum Gasteiger partial charge on any atom is -0.218 e. The maximum atomic E-state index is 14.7. The van der Waals surface area contributed by atoms with Gasteiger partial charge in [0.1, 0.15) is 5.82 Å². The lowest BCUT2D eigenvalue weighted by molar-refractivity contribution is -0.348. The quantitative estimate of drug-likeness (QED) is 0.254. The molecule has 0 radical (unpaired) electrons. The van der Waals surface area contributed by atoms with Gasteiger partial charge in [-0.1, -0.05) is 11.6 Å². The first-order chi connectivity index (χ1) is 12.9. The molecule has 0 aliphatic heterocycles. The van der Waals surface area contributed by atoms with E-state index in [4.69, 9.17) is 11.6 Å². The van der Waals surface area contributed by atoms with Crippen LogP contribution in [-0.2, 0) is 11.8 Å². The van der Waals surface area contributed by atoms with E-state index in [1.165, 1.54) is 0 Å². The van der Waals surface area contributed by atoms with Gasteiger partial charge in [-0.25, -0.2) is 8.78 Å². The van der Waals surface area contributed by atoms with Crippen LogP contribution >= 0.6 is 34.2 Å². The van der Waals surface area contributed by atoms with Crippen molar-refractivity contribution in [1.82, 2.24) is 0 Å². The zero-order chi connectivity index (χ0) is 22.6. The first-order valence-corrected chi connectivity index (χ1v) is 8.56. The third-order valence-electron chi connectivity index (χ3n) is 3.77. The molecule has 160 valence electrons. The number of hydrogen-bond donors (Lipinski definition) is 0. The number of alkyl halides is 10. The van der Waals surface area contributed by atoms with Crippen molar-refractivity contribution in [1.29, 1.82) is 0 Å². The second kappa shape index (κ2) is 7.43. The maximum absolute atomic E-state index is 14.7. The van der Waals surface area contributed by atoms with Crippen LogP contribution in [0.3, 0.4) is 0 Å². The summed E-state index contributed by atoms with van der Waals surface area (Å²) in [6.07, 6.45) is -18.7. The normalized spacial score (nSPS) is 13.7. The van der Waals surface area contributed by atoms with Gasteiger partial charge in [-0.3, -0.25) is 0 Å². The van der Waals surface area contributed by atoms with Crippen LogP contribution in [0.4, 0.5) is 48.3 Å². The first-order valence-electron chi connectivity index (χ1n) is 7.10. The second-order valence-electron chi connectivity index (χ2n) is 5.66. The van der Waals surface area contributed by atoms with E-state index in [0.717, 1.165) is 22.6 Å². The number of benzene rings is 2. The Hall–Kier alpha value is -1.31. The molecule has 0 saturated carbocycles. The molecule has 0 nitrogen and oxygen atoms in total. The summed E-state index contributed by atoms with van der Waals surface area (Å²) in [6, 6.07) is 1.40. The van der Waals surface area contributed by atoms with E-state index in [1.54, 1.807) is 0 Å². The summed E-state index contributed by atoms with van der Waals surface area (Å²) in [6.45, 7) is 0. The van der Waals surface area contributed by atoms with Gasteiger partial charge in [-0.2, -0.15) is 39.5 Å². The van der Waals surface area contributed by atoms with E-state index in [0.29, 0.717) is 18.2 Å². The summed E-state index contributed by atoms with van der Waals surface area (Å²) in [4.78, 5) is 0. The molecule has 0 heterocycles. The molecule has 0 amide bonds. The summed E-state index contributed by atoms with van der Waals surface area (Å²) >= 11 is 6.69. The van der Waals surface area contributed by atoms with Crippen LogP contribution in [0.25, 0.3) is 11.1 Å². The van der Waals surface area contributed by atoms with Crippen LogP contribution in [0.15, 0.2) is 30.3 Å². The molecular weight excluding hydrogens is 564 g/mol. The molecular formula is C16H5ClF11I. The molecule has 0 aliphatic rings.